The van der Waals surface area contributed by atoms with Crippen LogP contribution in [0.1, 0.15) is 23.2 Å². The molecule has 2 aromatic heterocycles. The molecule has 0 saturated carbocycles. The Morgan fingerprint density at radius 2 is 2.20 bits per heavy atom. The second kappa shape index (κ2) is 6.21. The van der Waals surface area contributed by atoms with Crippen molar-refractivity contribution in [2.24, 2.45) is 0 Å². The van der Waals surface area contributed by atoms with Crippen LogP contribution in [-0.2, 0) is 6.54 Å². The quantitative estimate of drug-likeness (QED) is 0.837. The molecule has 0 aliphatic rings. The van der Waals surface area contributed by atoms with Crippen LogP contribution in [0.5, 0.6) is 0 Å². The summed E-state index contributed by atoms with van der Waals surface area (Å²) in [5.41, 5.74) is -0.135. The van der Waals surface area contributed by atoms with Crippen LogP contribution in [0.2, 0.25) is 0 Å². The van der Waals surface area contributed by atoms with E-state index >= 15 is 0 Å². The van der Waals surface area contributed by atoms with Crippen LogP contribution in [0.15, 0.2) is 45.7 Å². The maximum absolute atomic E-state index is 11.7. The van der Waals surface area contributed by atoms with Gasteiger partial charge in [-0.1, -0.05) is 6.07 Å². The predicted octanol–water partition coefficient (Wildman–Crippen LogP) is 0.600. The van der Waals surface area contributed by atoms with Crippen LogP contribution in [0, 0.1) is 0 Å². The normalized spacial score (nSPS) is 12.1. The Kier molecular flexibility index (Phi) is 4.37. The zero-order valence-electron chi connectivity index (χ0n) is 11.1. The van der Waals surface area contributed by atoms with E-state index in [0.29, 0.717) is 5.76 Å². The molecule has 0 spiro atoms. The predicted molar refractivity (Wildman–Crippen MR) is 72.5 cm³/mol. The van der Waals surface area contributed by atoms with Crippen molar-refractivity contribution in [1.82, 2.24) is 9.88 Å². The first kappa shape index (κ1) is 14.1. The number of amides is 1. The second-order valence-corrected chi connectivity index (χ2v) is 4.49. The molecule has 0 aromatic carbocycles. The third-order valence-corrected chi connectivity index (χ3v) is 2.67. The summed E-state index contributed by atoms with van der Waals surface area (Å²) in [5.74, 6) is 0.280. The molecule has 0 aliphatic heterocycles. The lowest BCUT2D eigenvalue weighted by atomic mass is 10.3. The standard InChI is InChI=1S/C14H16N2O4/c1-10(17)8-15-14(19)12-6-5-11(20-12)9-16-7-3-2-4-13(16)18/h2-7,10,17H,8-9H2,1H3,(H,15,19). The summed E-state index contributed by atoms with van der Waals surface area (Å²) in [6, 6.07) is 8.06. The maximum atomic E-state index is 11.7. The van der Waals surface area contributed by atoms with Crippen LogP contribution in [0.3, 0.4) is 0 Å². The van der Waals surface area contributed by atoms with Gasteiger partial charge < -0.3 is 19.4 Å². The highest BCUT2D eigenvalue weighted by atomic mass is 16.4. The zero-order valence-corrected chi connectivity index (χ0v) is 11.1. The molecule has 1 unspecified atom stereocenters. The van der Waals surface area contributed by atoms with E-state index in [1.165, 1.54) is 10.6 Å². The van der Waals surface area contributed by atoms with Gasteiger partial charge in [0.1, 0.15) is 5.76 Å². The van der Waals surface area contributed by atoms with Gasteiger partial charge in [0.15, 0.2) is 5.76 Å². The highest BCUT2D eigenvalue weighted by Gasteiger charge is 2.11. The lowest BCUT2D eigenvalue weighted by Crippen LogP contribution is -2.30. The number of nitrogens with one attached hydrogen (secondary N) is 1. The number of nitrogens with zero attached hydrogens (tertiary/aromatic N) is 1. The third-order valence-electron chi connectivity index (χ3n) is 2.67. The van der Waals surface area contributed by atoms with E-state index in [9.17, 15) is 9.59 Å². The van der Waals surface area contributed by atoms with Gasteiger partial charge in [0.25, 0.3) is 11.5 Å². The fourth-order valence-electron chi connectivity index (χ4n) is 1.67. The van der Waals surface area contributed by atoms with Crippen molar-refractivity contribution < 1.29 is 14.3 Å². The number of aromatic nitrogens is 1. The summed E-state index contributed by atoms with van der Waals surface area (Å²) in [5, 5.41) is 11.6. The molecule has 2 N–H and O–H groups in total. The molecule has 2 heterocycles. The number of carbonyl (C=O) groups is 1. The Morgan fingerprint density at radius 3 is 2.90 bits per heavy atom. The molecule has 0 bridgehead atoms. The molecule has 6 nitrogen and oxygen atoms in total. The summed E-state index contributed by atoms with van der Waals surface area (Å²) in [7, 11) is 0. The summed E-state index contributed by atoms with van der Waals surface area (Å²) in [6.07, 6.45) is 1.04. The smallest absolute Gasteiger partial charge is 0.287 e. The van der Waals surface area contributed by atoms with E-state index in [-0.39, 0.29) is 24.4 Å². The Balaban J connectivity index is 2.04. The maximum Gasteiger partial charge on any atom is 0.287 e. The molecule has 0 saturated heterocycles. The van der Waals surface area contributed by atoms with Gasteiger partial charge in [-0.3, -0.25) is 9.59 Å². The molecule has 0 aliphatic carbocycles. The number of pyridine rings is 1. The second-order valence-electron chi connectivity index (χ2n) is 4.49. The van der Waals surface area contributed by atoms with Gasteiger partial charge >= 0.3 is 0 Å². The Bertz CT molecular complexity index is 642. The first-order valence-corrected chi connectivity index (χ1v) is 6.26. The molecule has 0 fully saturated rings. The van der Waals surface area contributed by atoms with E-state index in [1.54, 1.807) is 37.4 Å². The lowest BCUT2D eigenvalue weighted by molar-refractivity contribution is 0.0894. The first-order valence-electron chi connectivity index (χ1n) is 6.26. The Morgan fingerprint density at radius 1 is 1.40 bits per heavy atom. The van der Waals surface area contributed by atoms with Crippen LogP contribution >= 0.6 is 0 Å². The molecular formula is C14H16N2O4. The summed E-state index contributed by atoms with van der Waals surface area (Å²) < 4.78 is 6.87. The van der Waals surface area contributed by atoms with E-state index < -0.39 is 12.0 Å². The van der Waals surface area contributed by atoms with Crippen LogP contribution in [-0.4, -0.2) is 28.2 Å². The number of hydrogen-bond acceptors (Lipinski definition) is 4. The third kappa shape index (κ3) is 3.58. The highest BCUT2D eigenvalue weighted by molar-refractivity contribution is 5.91. The van der Waals surface area contributed by atoms with Gasteiger partial charge in [-0.15, -0.1) is 0 Å². The molecule has 0 radical (unpaired) electrons. The van der Waals surface area contributed by atoms with Crippen LogP contribution in [0.25, 0.3) is 0 Å². The lowest BCUT2D eigenvalue weighted by Gasteiger charge is -2.05. The molecule has 1 amide bonds. The number of carbonyl (C=O) groups excluding carboxylic acids is 1. The SMILES string of the molecule is CC(O)CNC(=O)c1ccc(Cn2ccccc2=O)o1. The minimum absolute atomic E-state index is 0.135. The van der Waals surface area contributed by atoms with Gasteiger partial charge in [0, 0.05) is 18.8 Å². The molecular weight excluding hydrogens is 260 g/mol. The number of aliphatic hydroxyl groups excluding tert-OH is 1. The molecule has 106 valence electrons. The number of furan rings is 1. The van der Waals surface area contributed by atoms with Crippen molar-refractivity contribution in [2.75, 3.05) is 6.54 Å². The summed E-state index contributed by atoms with van der Waals surface area (Å²) >= 11 is 0. The minimum Gasteiger partial charge on any atom is -0.454 e. The summed E-state index contributed by atoms with van der Waals surface area (Å²) in [6.45, 7) is 2.01. The van der Waals surface area contributed by atoms with Crippen LogP contribution < -0.4 is 10.9 Å². The number of rotatable bonds is 5. The van der Waals surface area contributed by atoms with Crippen molar-refractivity contribution in [3.8, 4) is 0 Å². The van der Waals surface area contributed by atoms with Crippen LogP contribution in [0.4, 0.5) is 0 Å². The average Bonchev–Trinajstić information content (AvgIpc) is 2.87. The molecule has 2 aromatic rings. The first-order chi connectivity index (χ1) is 9.56. The van der Waals surface area contributed by atoms with Crippen molar-refractivity contribution in [2.45, 2.75) is 19.6 Å². The molecule has 6 heteroatoms. The Labute approximate surface area is 115 Å². The monoisotopic (exact) mass is 276 g/mol. The summed E-state index contributed by atoms with van der Waals surface area (Å²) in [4.78, 5) is 23.3. The fraction of sp³-hybridized carbons (Fsp3) is 0.286. The highest BCUT2D eigenvalue weighted by Crippen LogP contribution is 2.08. The van der Waals surface area contributed by atoms with Gasteiger partial charge in [-0.2, -0.15) is 0 Å². The van der Waals surface area contributed by atoms with Crippen molar-refractivity contribution >= 4 is 5.91 Å². The van der Waals surface area contributed by atoms with Crippen molar-refractivity contribution in [1.29, 1.82) is 0 Å². The van der Waals surface area contributed by atoms with E-state index in [1.807, 2.05) is 0 Å². The van der Waals surface area contributed by atoms with Crippen molar-refractivity contribution in [3.05, 3.63) is 58.4 Å². The molecule has 20 heavy (non-hydrogen) atoms. The van der Waals surface area contributed by atoms with Gasteiger partial charge in [0.05, 0.1) is 12.6 Å². The van der Waals surface area contributed by atoms with E-state index in [2.05, 4.69) is 5.32 Å². The molecule has 2 rings (SSSR count). The molecule has 1 atom stereocenters. The fourth-order valence-corrected chi connectivity index (χ4v) is 1.67. The van der Waals surface area contributed by atoms with Gasteiger partial charge in [0.2, 0.25) is 0 Å². The minimum atomic E-state index is -0.615. The largest absolute Gasteiger partial charge is 0.454 e. The average molecular weight is 276 g/mol. The van der Waals surface area contributed by atoms with Gasteiger partial charge in [-0.25, -0.2) is 0 Å². The number of hydrogen-bond donors (Lipinski definition) is 2. The van der Waals surface area contributed by atoms with E-state index in [0.717, 1.165) is 0 Å². The van der Waals surface area contributed by atoms with Crippen molar-refractivity contribution in [3.63, 3.8) is 0 Å². The Hall–Kier alpha value is -2.34. The topological polar surface area (TPSA) is 84.5 Å². The van der Waals surface area contributed by atoms with Gasteiger partial charge in [-0.05, 0) is 25.1 Å². The van der Waals surface area contributed by atoms with E-state index in [4.69, 9.17) is 9.52 Å². The zero-order chi connectivity index (χ0) is 14.5. The number of aliphatic hydroxyl groups is 1.